The number of amides is 1. The van der Waals surface area contributed by atoms with Crippen LogP contribution in [0, 0.1) is 0 Å². The molecule has 3 heterocycles. The van der Waals surface area contributed by atoms with E-state index >= 15 is 0 Å². The molecule has 0 radical (unpaired) electrons. The summed E-state index contributed by atoms with van der Waals surface area (Å²) < 4.78 is 7.96. The van der Waals surface area contributed by atoms with Gasteiger partial charge in [0.25, 0.3) is 5.91 Å². The molecule has 1 aromatic heterocycles. The number of carbonyl (C=O) groups is 1. The van der Waals surface area contributed by atoms with Crippen LogP contribution in [0.15, 0.2) is 15.5 Å². The number of nitrogens with zero attached hydrogens (tertiary/aromatic N) is 3. The molecule has 6 nitrogen and oxygen atoms in total. The lowest BCUT2D eigenvalue weighted by Gasteiger charge is -2.41. The van der Waals surface area contributed by atoms with E-state index in [1.807, 2.05) is 4.90 Å². The van der Waals surface area contributed by atoms with Crippen molar-refractivity contribution in [2.75, 3.05) is 31.4 Å². The third kappa shape index (κ3) is 3.11. The molecule has 3 rings (SSSR count). The summed E-state index contributed by atoms with van der Waals surface area (Å²) in [6.07, 6.45) is 6.72. The first-order valence-corrected chi connectivity index (χ1v) is 9.05. The van der Waals surface area contributed by atoms with E-state index in [4.69, 9.17) is 4.74 Å². The predicted octanol–water partition coefficient (Wildman–Crippen LogP) is 2.32. The normalized spacial score (nSPS) is 17.6. The molecule has 1 saturated heterocycles. The van der Waals surface area contributed by atoms with Crippen molar-refractivity contribution in [1.29, 1.82) is 0 Å². The summed E-state index contributed by atoms with van der Waals surface area (Å²) in [4.78, 5) is 27.1. The summed E-state index contributed by atoms with van der Waals surface area (Å²) in [5.41, 5.74) is 0.113. The van der Waals surface area contributed by atoms with Gasteiger partial charge in [-0.2, -0.15) is 0 Å². The molecule has 126 valence electrons. The number of pyridine rings is 1. The van der Waals surface area contributed by atoms with Crippen molar-refractivity contribution in [3.8, 4) is 5.75 Å². The highest BCUT2D eigenvalue weighted by molar-refractivity contribution is 9.10. The van der Waals surface area contributed by atoms with Gasteiger partial charge in [-0.05, 0) is 41.6 Å². The van der Waals surface area contributed by atoms with E-state index in [1.165, 1.54) is 0 Å². The summed E-state index contributed by atoms with van der Waals surface area (Å²) in [6, 6.07) is 0. The molecule has 2 aliphatic rings. The standard InChI is InChI=1S/C16H22BrN3O3/c1-2-3-9-23-15-13-16(22)18-7-5-4-6-8-19(11-18)20(13)10-12(17)14(15)21/h10H,2-9,11H2,1H3. The van der Waals surface area contributed by atoms with Crippen LogP contribution in [-0.2, 0) is 0 Å². The highest BCUT2D eigenvalue weighted by Gasteiger charge is 2.34. The van der Waals surface area contributed by atoms with E-state index < -0.39 is 0 Å². The minimum absolute atomic E-state index is 0.112. The monoisotopic (exact) mass is 383 g/mol. The summed E-state index contributed by atoms with van der Waals surface area (Å²) in [5, 5.41) is 2.10. The average Bonchev–Trinajstić information content (AvgIpc) is 2.50. The van der Waals surface area contributed by atoms with Crippen molar-refractivity contribution >= 4 is 21.8 Å². The smallest absolute Gasteiger partial charge is 0.277 e. The Kier molecular flexibility index (Phi) is 4.94. The van der Waals surface area contributed by atoms with E-state index in [0.29, 0.717) is 23.4 Å². The zero-order valence-electron chi connectivity index (χ0n) is 13.4. The SMILES string of the molecule is CCCCOc1c2n(cc(Br)c1=O)N1CCCCCN(C1)C2=O. The van der Waals surface area contributed by atoms with Gasteiger partial charge in [0.05, 0.1) is 11.1 Å². The van der Waals surface area contributed by atoms with Gasteiger partial charge in [0.1, 0.15) is 6.67 Å². The Morgan fingerprint density at radius 1 is 1.22 bits per heavy atom. The van der Waals surface area contributed by atoms with Gasteiger partial charge in [-0.15, -0.1) is 0 Å². The van der Waals surface area contributed by atoms with Crippen molar-refractivity contribution in [3.63, 3.8) is 0 Å². The lowest BCUT2D eigenvalue weighted by atomic mass is 10.1. The molecule has 7 heteroatoms. The first kappa shape index (κ1) is 16.4. The zero-order chi connectivity index (χ0) is 16.4. The maximum atomic E-state index is 12.9. The fourth-order valence-corrected chi connectivity index (χ4v) is 3.40. The van der Waals surface area contributed by atoms with Crippen LogP contribution in [0.5, 0.6) is 5.75 Å². The van der Waals surface area contributed by atoms with Crippen LogP contribution in [0.25, 0.3) is 0 Å². The molecule has 1 amide bonds. The Balaban J connectivity index is 2.07. The van der Waals surface area contributed by atoms with Crippen LogP contribution < -0.4 is 15.2 Å². The number of rotatable bonds is 4. The van der Waals surface area contributed by atoms with Crippen molar-refractivity contribution in [2.24, 2.45) is 0 Å². The molecule has 0 N–H and O–H groups in total. The minimum atomic E-state index is -0.250. The maximum Gasteiger partial charge on any atom is 0.277 e. The molecule has 0 aliphatic carbocycles. The number of carbonyl (C=O) groups excluding carboxylic acids is 1. The van der Waals surface area contributed by atoms with E-state index in [0.717, 1.165) is 45.2 Å². The number of fused-ring (bicyclic) bond motifs is 4. The largest absolute Gasteiger partial charge is 0.487 e. The predicted molar refractivity (Wildman–Crippen MR) is 91.6 cm³/mol. The summed E-state index contributed by atoms with van der Waals surface area (Å²) in [5.74, 6) is 0.0624. The quantitative estimate of drug-likeness (QED) is 0.748. The van der Waals surface area contributed by atoms with Crippen LogP contribution in [0.3, 0.4) is 0 Å². The highest BCUT2D eigenvalue weighted by Crippen LogP contribution is 2.25. The van der Waals surface area contributed by atoms with E-state index in [-0.39, 0.29) is 17.1 Å². The van der Waals surface area contributed by atoms with Gasteiger partial charge in [-0.1, -0.05) is 13.3 Å². The van der Waals surface area contributed by atoms with Gasteiger partial charge >= 0.3 is 0 Å². The molecule has 0 saturated carbocycles. The zero-order valence-corrected chi connectivity index (χ0v) is 15.0. The summed E-state index contributed by atoms with van der Waals surface area (Å²) in [6.45, 7) is 4.67. The van der Waals surface area contributed by atoms with Gasteiger partial charge in [0, 0.05) is 19.3 Å². The fourth-order valence-electron chi connectivity index (χ4n) is 3.02. The van der Waals surface area contributed by atoms with Gasteiger partial charge in [0.2, 0.25) is 5.43 Å². The van der Waals surface area contributed by atoms with Crippen molar-refractivity contribution in [3.05, 3.63) is 26.6 Å². The molecule has 1 fully saturated rings. The molecule has 23 heavy (non-hydrogen) atoms. The topological polar surface area (TPSA) is 54.8 Å². The Bertz CT molecular complexity index is 659. The second kappa shape index (κ2) is 6.95. The Labute approximate surface area is 144 Å². The first-order valence-electron chi connectivity index (χ1n) is 8.26. The van der Waals surface area contributed by atoms with Gasteiger partial charge < -0.3 is 9.64 Å². The van der Waals surface area contributed by atoms with E-state index in [2.05, 4.69) is 27.9 Å². The van der Waals surface area contributed by atoms with Crippen molar-refractivity contribution < 1.29 is 9.53 Å². The molecule has 0 unspecified atom stereocenters. The number of unbranched alkanes of at least 4 members (excludes halogenated alkanes) is 1. The minimum Gasteiger partial charge on any atom is -0.487 e. The number of hydrogen-bond donors (Lipinski definition) is 0. The molecular weight excluding hydrogens is 362 g/mol. The third-order valence-electron chi connectivity index (χ3n) is 4.32. The molecule has 2 bridgehead atoms. The lowest BCUT2D eigenvalue weighted by Crippen LogP contribution is -2.55. The van der Waals surface area contributed by atoms with E-state index in [1.54, 1.807) is 10.9 Å². The lowest BCUT2D eigenvalue weighted by molar-refractivity contribution is 0.0670. The third-order valence-corrected chi connectivity index (χ3v) is 4.88. The van der Waals surface area contributed by atoms with Crippen LogP contribution >= 0.6 is 15.9 Å². The number of halogens is 1. The Morgan fingerprint density at radius 2 is 2.00 bits per heavy atom. The molecule has 2 aliphatic heterocycles. The van der Waals surface area contributed by atoms with Crippen LogP contribution in [-0.4, -0.2) is 41.8 Å². The molecular formula is C16H22BrN3O3. The fraction of sp³-hybridized carbons (Fsp3) is 0.625. The maximum absolute atomic E-state index is 12.9. The second-order valence-electron chi connectivity index (χ2n) is 6.03. The second-order valence-corrected chi connectivity index (χ2v) is 6.89. The molecule has 0 spiro atoms. The summed E-state index contributed by atoms with van der Waals surface area (Å²) in [7, 11) is 0. The van der Waals surface area contributed by atoms with Crippen molar-refractivity contribution in [2.45, 2.75) is 39.0 Å². The molecule has 1 aromatic rings. The summed E-state index contributed by atoms with van der Waals surface area (Å²) >= 11 is 3.31. The van der Waals surface area contributed by atoms with Crippen LogP contribution in [0.4, 0.5) is 0 Å². The number of aromatic nitrogens is 1. The van der Waals surface area contributed by atoms with E-state index in [9.17, 15) is 9.59 Å². The number of hydrogen-bond acceptors (Lipinski definition) is 4. The van der Waals surface area contributed by atoms with Crippen LogP contribution in [0.1, 0.15) is 49.5 Å². The number of ether oxygens (including phenoxy) is 1. The first-order chi connectivity index (χ1) is 11.1. The van der Waals surface area contributed by atoms with Crippen LogP contribution in [0.2, 0.25) is 0 Å². The molecule has 0 atom stereocenters. The van der Waals surface area contributed by atoms with Gasteiger partial charge in [0.15, 0.2) is 11.4 Å². The van der Waals surface area contributed by atoms with Gasteiger partial charge in [-0.3, -0.25) is 19.3 Å². The Hall–Kier alpha value is -1.50. The average molecular weight is 384 g/mol. The van der Waals surface area contributed by atoms with Crippen molar-refractivity contribution in [1.82, 2.24) is 9.58 Å². The molecule has 0 aromatic carbocycles. The highest BCUT2D eigenvalue weighted by atomic mass is 79.9. The van der Waals surface area contributed by atoms with Gasteiger partial charge in [-0.25, -0.2) is 0 Å². The Morgan fingerprint density at radius 3 is 2.78 bits per heavy atom.